The van der Waals surface area contributed by atoms with Crippen LogP contribution in [0, 0.1) is 0 Å². The monoisotopic (exact) mass is 458 g/mol. The van der Waals surface area contributed by atoms with Gasteiger partial charge in [-0.15, -0.1) is 0 Å². The second-order valence-electron chi connectivity index (χ2n) is 6.77. The van der Waals surface area contributed by atoms with Gasteiger partial charge in [-0.2, -0.15) is 0 Å². The molecule has 0 atom stereocenters. The van der Waals surface area contributed by atoms with Crippen LogP contribution >= 0.6 is 0 Å². The second-order valence-corrected chi connectivity index (χ2v) is 6.77. The number of amides is 4. The molecule has 14 nitrogen and oxygen atoms in total. The highest BCUT2D eigenvalue weighted by atomic mass is 16.7. The van der Waals surface area contributed by atoms with Crippen molar-refractivity contribution in [2.45, 2.75) is 13.8 Å². The number of hydrogen-bond acceptors (Lipinski definition) is 12. The van der Waals surface area contributed by atoms with Gasteiger partial charge in [0.25, 0.3) is 0 Å². The number of rotatable bonds is 9. The molecule has 2 heterocycles. The largest absolute Gasteiger partial charge is 0.510 e. The van der Waals surface area contributed by atoms with Gasteiger partial charge in [-0.25, -0.2) is 19.4 Å². The van der Waals surface area contributed by atoms with E-state index in [4.69, 9.17) is 9.47 Å². The second kappa shape index (κ2) is 12.0. The predicted octanol–water partition coefficient (Wildman–Crippen LogP) is -1.41. The van der Waals surface area contributed by atoms with Crippen LogP contribution in [0.15, 0.2) is 0 Å². The summed E-state index contributed by atoms with van der Waals surface area (Å²) in [5.74, 6) is -2.17. The van der Waals surface area contributed by atoms with Crippen LogP contribution in [0.2, 0.25) is 0 Å². The molecule has 0 saturated carbocycles. The third-order valence-electron chi connectivity index (χ3n) is 4.52. The van der Waals surface area contributed by atoms with Gasteiger partial charge in [0, 0.05) is 13.1 Å². The fourth-order valence-corrected chi connectivity index (χ4v) is 2.94. The molecule has 0 aromatic carbocycles. The van der Waals surface area contributed by atoms with Crippen molar-refractivity contribution in [2.24, 2.45) is 0 Å². The molecule has 2 aliphatic rings. The Morgan fingerprint density at radius 2 is 0.938 bits per heavy atom. The van der Waals surface area contributed by atoms with E-state index in [9.17, 15) is 28.8 Å². The molecular weight excluding hydrogens is 432 g/mol. The van der Waals surface area contributed by atoms with Crippen molar-refractivity contribution in [3.63, 3.8) is 0 Å². The molecule has 0 aromatic rings. The van der Waals surface area contributed by atoms with Gasteiger partial charge in [0.05, 0.1) is 39.4 Å². The van der Waals surface area contributed by atoms with E-state index in [-0.39, 0.29) is 52.5 Å². The number of carbonyl (C=O) groups excluding carboxylic acids is 6. The Bertz CT molecular complexity index is 660. The molecule has 2 rings (SSSR count). The Labute approximate surface area is 183 Å². The first-order chi connectivity index (χ1) is 15.2. The van der Waals surface area contributed by atoms with E-state index in [1.807, 2.05) is 0 Å². The van der Waals surface area contributed by atoms with Gasteiger partial charge < -0.3 is 18.9 Å². The minimum absolute atomic E-state index is 0.0901. The summed E-state index contributed by atoms with van der Waals surface area (Å²) in [6, 6.07) is 0. The van der Waals surface area contributed by atoms with E-state index >= 15 is 0 Å². The van der Waals surface area contributed by atoms with Gasteiger partial charge in [-0.05, 0) is 13.8 Å². The number of hydrogen-bond donors (Lipinski definition) is 0. The molecule has 2 saturated heterocycles. The molecule has 178 valence electrons. The summed E-state index contributed by atoms with van der Waals surface area (Å²) in [4.78, 5) is 76.1. The molecule has 4 amide bonds. The molecular formula is C18H26N4O10. The van der Waals surface area contributed by atoms with Crippen molar-refractivity contribution < 1.29 is 47.7 Å². The molecule has 0 spiro atoms. The molecule has 0 radical (unpaired) electrons. The quantitative estimate of drug-likeness (QED) is 0.295. The van der Waals surface area contributed by atoms with Crippen molar-refractivity contribution in [1.82, 2.24) is 19.6 Å². The van der Waals surface area contributed by atoms with Crippen molar-refractivity contribution in [3.8, 4) is 0 Å². The van der Waals surface area contributed by atoms with Crippen molar-refractivity contribution in [1.29, 1.82) is 0 Å². The highest BCUT2D eigenvalue weighted by molar-refractivity contribution is 6.00. The molecule has 0 aliphatic carbocycles. The van der Waals surface area contributed by atoms with Gasteiger partial charge in [0.2, 0.25) is 23.6 Å². The van der Waals surface area contributed by atoms with Crippen LogP contribution in [-0.4, -0.2) is 121 Å². The smallest absolute Gasteiger partial charge is 0.435 e. The third-order valence-corrected chi connectivity index (χ3v) is 4.52. The van der Waals surface area contributed by atoms with Gasteiger partial charge in [-0.3, -0.25) is 29.0 Å². The van der Waals surface area contributed by atoms with E-state index in [0.29, 0.717) is 0 Å². The standard InChI is InChI=1S/C18H26N4O10/c1-3-29-17(27)31-11-21-13(23)7-19(8-14(21)24)5-6-20-9-15(25)22(16(26)10-20)12-32-18(28)30-4-2/h3-12H2,1-2H3. The minimum Gasteiger partial charge on any atom is -0.435 e. The highest BCUT2D eigenvalue weighted by Crippen LogP contribution is 2.09. The van der Waals surface area contributed by atoms with Crippen LogP contribution in [0.25, 0.3) is 0 Å². The molecule has 2 fully saturated rings. The average molecular weight is 458 g/mol. The van der Waals surface area contributed by atoms with Crippen molar-refractivity contribution in [2.75, 3.05) is 65.9 Å². The Hall–Kier alpha value is -3.26. The van der Waals surface area contributed by atoms with Crippen LogP contribution < -0.4 is 0 Å². The fraction of sp³-hybridized carbons (Fsp3) is 0.667. The summed E-state index contributed by atoms with van der Waals surface area (Å²) < 4.78 is 18.6. The summed E-state index contributed by atoms with van der Waals surface area (Å²) in [6.45, 7) is 2.49. The number of nitrogens with zero attached hydrogens (tertiary/aromatic N) is 4. The van der Waals surface area contributed by atoms with Crippen LogP contribution in [0.1, 0.15) is 13.8 Å². The van der Waals surface area contributed by atoms with Crippen LogP contribution in [0.4, 0.5) is 9.59 Å². The Morgan fingerprint density at radius 1 is 0.625 bits per heavy atom. The van der Waals surface area contributed by atoms with E-state index in [2.05, 4.69) is 9.47 Å². The zero-order chi connectivity index (χ0) is 23.7. The Morgan fingerprint density at radius 3 is 1.22 bits per heavy atom. The molecule has 2 aliphatic heterocycles. The van der Waals surface area contributed by atoms with Gasteiger partial charge >= 0.3 is 12.3 Å². The topological polar surface area (TPSA) is 152 Å². The van der Waals surface area contributed by atoms with Crippen molar-refractivity contribution in [3.05, 3.63) is 0 Å². The molecule has 14 heteroatoms. The van der Waals surface area contributed by atoms with Gasteiger partial charge in [0.15, 0.2) is 13.5 Å². The maximum atomic E-state index is 12.2. The SMILES string of the molecule is CCOC(=O)OCN1C(=O)CN(CCN2CC(=O)N(COC(=O)OCC)C(=O)C2)CC1=O. The maximum absolute atomic E-state index is 12.2. The first-order valence-electron chi connectivity index (χ1n) is 9.95. The molecule has 32 heavy (non-hydrogen) atoms. The Kier molecular flexibility index (Phi) is 9.34. The molecule has 0 aromatic heterocycles. The zero-order valence-electron chi connectivity index (χ0n) is 17.9. The van der Waals surface area contributed by atoms with Gasteiger partial charge in [-0.1, -0.05) is 0 Å². The number of piperazine rings is 2. The predicted molar refractivity (Wildman–Crippen MR) is 103 cm³/mol. The normalized spacial score (nSPS) is 18.1. The lowest BCUT2D eigenvalue weighted by Crippen LogP contribution is -2.58. The van der Waals surface area contributed by atoms with Crippen LogP contribution in [0.3, 0.4) is 0 Å². The summed E-state index contributed by atoms with van der Waals surface area (Å²) in [6.07, 6.45) is -1.95. The van der Waals surface area contributed by atoms with Crippen LogP contribution in [0.5, 0.6) is 0 Å². The highest BCUT2D eigenvalue weighted by Gasteiger charge is 2.34. The minimum atomic E-state index is -0.975. The summed E-state index contributed by atoms with van der Waals surface area (Å²) in [5, 5.41) is 0. The zero-order valence-corrected chi connectivity index (χ0v) is 17.9. The number of carbonyl (C=O) groups is 6. The maximum Gasteiger partial charge on any atom is 0.510 e. The summed E-state index contributed by atoms with van der Waals surface area (Å²) in [7, 11) is 0. The van der Waals surface area contributed by atoms with E-state index in [1.165, 1.54) is 0 Å². The van der Waals surface area contributed by atoms with E-state index in [1.54, 1.807) is 23.6 Å². The molecule has 0 unspecified atom stereocenters. The molecule has 0 bridgehead atoms. The van der Waals surface area contributed by atoms with Gasteiger partial charge in [0.1, 0.15) is 0 Å². The number of imide groups is 2. The lowest BCUT2D eigenvalue weighted by Gasteiger charge is -2.35. The number of ether oxygens (including phenoxy) is 4. The Balaban J connectivity index is 1.76. The lowest BCUT2D eigenvalue weighted by atomic mass is 10.2. The lowest BCUT2D eigenvalue weighted by molar-refractivity contribution is -0.159. The van der Waals surface area contributed by atoms with Crippen LogP contribution in [-0.2, 0) is 38.1 Å². The summed E-state index contributed by atoms with van der Waals surface area (Å²) in [5.41, 5.74) is 0. The summed E-state index contributed by atoms with van der Waals surface area (Å²) >= 11 is 0. The molecule has 0 N–H and O–H groups in total. The first kappa shape index (κ1) is 25.0. The average Bonchev–Trinajstić information content (AvgIpc) is 2.71. The van der Waals surface area contributed by atoms with E-state index < -0.39 is 49.4 Å². The fourth-order valence-electron chi connectivity index (χ4n) is 2.94. The van der Waals surface area contributed by atoms with Crippen molar-refractivity contribution >= 4 is 35.9 Å². The van der Waals surface area contributed by atoms with E-state index in [0.717, 1.165) is 9.80 Å². The third kappa shape index (κ3) is 7.16. The first-order valence-corrected chi connectivity index (χ1v) is 9.95.